The first kappa shape index (κ1) is 10.9. The van der Waals surface area contributed by atoms with Crippen molar-refractivity contribution >= 4 is 10.9 Å². The van der Waals surface area contributed by atoms with Crippen molar-refractivity contribution in [2.24, 2.45) is 5.73 Å². The summed E-state index contributed by atoms with van der Waals surface area (Å²) >= 11 is 0. The predicted octanol–water partition coefficient (Wildman–Crippen LogP) is 1.98. The molecule has 0 amide bonds. The lowest BCUT2D eigenvalue weighted by atomic mass is 10.1. The fourth-order valence-corrected chi connectivity index (χ4v) is 2.20. The van der Waals surface area contributed by atoms with E-state index in [0.717, 1.165) is 16.5 Å². The van der Waals surface area contributed by atoms with Crippen molar-refractivity contribution in [1.82, 2.24) is 14.8 Å². The molecule has 3 aromatic rings. The van der Waals surface area contributed by atoms with Gasteiger partial charge in [0.1, 0.15) is 0 Å². The van der Waals surface area contributed by atoms with Gasteiger partial charge in [-0.1, -0.05) is 18.2 Å². The van der Waals surface area contributed by atoms with Gasteiger partial charge < -0.3 is 5.73 Å². The van der Waals surface area contributed by atoms with Crippen LogP contribution in [0, 0.1) is 0 Å². The third-order valence-electron chi connectivity index (χ3n) is 3.11. The van der Waals surface area contributed by atoms with Crippen molar-refractivity contribution in [1.29, 1.82) is 0 Å². The van der Waals surface area contributed by atoms with Crippen molar-refractivity contribution in [3.8, 4) is 0 Å². The van der Waals surface area contributed by atoms with Crippen LogP contribution in [-0.4, -0.2) is 21.3 Å². The third-order valence-corrected chi connectivity index (χ3v) is 3.11. The highest BCUT2D eigenvalue weighted by atomic mass is 15.3. The van der Waals surface area contributed by atoms with Crippen LogP contribution in [0.4, 0.5) is 0 Å². The Balaban J connectivity index is 2.12. The van der Waals surface area contributed by atoms with Crippen LogP contribution in [0.25, 0.3) is 10.9 Å². The van der Waals surface area contributed by atoms with E-state index < -0.39 is 0 Å². The molecule has 0 saturated carbocycles. The van der Waals surface area contributed by atoms with E-state index in [2.05, 4.69) is 22.2 Å². The van der Waals surface area contributed by atoms with E-state index in [4.69, 9.17) is 5.73 Å². The Bertz CT molecular complexity index is 645. The monoisotopic (exact) mass is 238 g/mol. The van der Waals surface area contributed by atoms with Gasteiger partial charge in [-0.15, -0.1) is 0 Å². The molecule has 3 rings (SSSR count). The third kappa shape index (κ3) is 1.76. The Morgan fingerprint density at radius 2 is 1.89 bits per heavy atom. The van der Waals surface area contributed by atoms with Gasteiger partial charge in [-0.25, -0.2) is 0 Å². The molecule has 90 valence electrons. The molecule has 2 heterocycles. The summed E-state index contributed by atoms with van der Waals surface area (Å²) in [5.74, 6) is 0. The Morgan fingerprint density at radius 3 is 2.67 bits per heavy atom. The second kappa shape index (κ2) is 4.58. The minimum absolute atomic E-state index is 0.0490. The number of fused-ring (bicyclic) bond motifs is 1. The lowest BCUT2D eigenvalue weighted by molar-refractivity contribution is 0.548. The Labute approximate surface area is 105 Å². The quantitative estimate of drug-likeness (QED) is 0.759. The maximum Gasteiger partial charge on any atom is 0.0898 e. The van der Waals surface area contributed by atoms with Crippen LogP contribution in [0.1, 0.15) is 11.6 Å². The molecule has 0 fully saturated rings. The number of para-hydroxylation sites is 1. The molecule has 0 bridgehead atoms. The van der Waals surface area contributed by atoms with Crippen molar-refractivity contribution in [3.63, 3.8) is 0 Å². The molecule has 0 spiro atoms. The van der Waals surface area contributed by atoms with Crippen LogP contribution in [0.15, 0.2) is 55.0 Å². The average molecular weight is 238 g/mol. The fraction of sp³-hybridized carbons (Fsp3) is 0.143. The summed E-state index contributed by atoms with van der Waals surface area (Å²) in [5.41, 5.74) is 8.13. The maximum absolute atomic E-state index is 5.91. The normalized spacial score (nSPS) is 12.7. The maximum atomic E-state index is 5.91. The summed E-state index contributed by atoms with van der Waals surface area (Å²) in [6.45, 7) is 0.510. The number of hydrogen-bond donors (Lipinski definition) is 1. The Kier molecular flexibility index (Phi) is 2.78. The Hall–Kier alpha value is -2.20. The van der Waals surface area contributed by atoms with Crippen LogP contribution >= 0.6 is 0 Å². The predicted molar refractivity (Wildman–Crippen MR) is 71.2 cm³/mol. The standard InChI is InChI=1S/C14H14N4/c15-9-14(11-5-7-16-8-6-11)18-13-4-2-1-3-12(13)10-17-18/h1-8,10,14H,9,15H2. The number of nitrogens with zero attached hydrogens (tertiary/aromatic N) is 3. The molecule has 1 atom stereocenters. The molecule has 0 aliphatic rings. The van der Waals surface area contributed by atoms with Gasteiger partial charge in [0.05, 0.1) is 17.8 Å². The van der Waals surface area contributed by atoms with E-state index in [-0.39, 0.29) is 6.04 Å². The van der Waals surface area contributed by atoms with Gasteiger partial charge in [0.2, 0.25) is 0 Å². The molecule has 18 heavy (non-hydrogen) atoms. The van der Waals surface area contributed by atoms with Crippen molar-refractivity contribution < 1.29 is 0 Å². The first-order valence-electron chi connectivity index (χ1n) is 5.92. The highest BCUT2D eigenvalue weighted by Crippen LogP contribution is 2.21. The fourth-order valence-electron chi connectivity index (χ4n) is 2.20. The zero-order valence-corrected chi connectivity index (χ0v) is 9.90. The zero-order valence-electron chi connectivity index (χ0n) is 9.90. The summed E-state index contributed by atoms with van der Waals surface area (Å²) in [7, 11) is 0. The highest BCUT2D eigenvalue weighted by Gasteiger charge is 2.14. The van der Waals surface area contributed by atoms with Gasteiger partial charge >= 0.3 is 0 Å². The summed E-state index contributed by atoms with van der Waals surface area (Å²) < 4.78 is 1.98. The van der Waals surface area contributed by atoms with Crippen LogP contribution in [-0.2, 0) is 0 Å². The number of benzene rings is 1. The average Bonchev–Trinajstić information content (AvgIpc) is 2.85. The van der Waals surface area contributed by atoms with E-state index in [9.17, 15) is 0 Å². The lowest BCUT2D eigenvalue weighted by Crippen LogP contribution is -2.21. The van der Waals surface area contributed by atoms with Crippen molar-refractivity contribution in [2.45, 2.75) is 6.04 Å². The number of rotatable bonds is 3. The lowest BCUT2D eigenvalue weighted by Gasteiger charge is -2.16. The summed E-state index contributed by atoms with van der Waals surface area (Å²) in [6.07, 6.45) is 5.44. The van der Waals surface area contributed by atoms with Crippen molar-refractivity contribution in [3.05, 3.63) is 60.6 Å². The van der Waals surface area contributed by atoms with Crippen LogP contribution in [0.3, 0.4) is 0 Å². The van der Waals surface area contributed by atoms with E-state index in [1.807, 2.05) is 35.1 Å². The number of aromatic nitrogens is 3. The van der Waals surface area contributed by atoms with Gasteiger partial charge in [0.15, 0.2) is 0 Å². The van der Waals surface area contributed by atoms with Gasteiger partial charge in [0, 0.05) is 24.3 Å². The van der Waals surface area contributed by atoms with E-state index in [1.54, 1.807) is 12.4 Å². The second-order valence-electron chi connectivity index (χ2n) is 4.18. The smallest absolute Gasteiger partial charge is 0.0898 e. The zero-order chi connectivity index (χ0) is 12.4. The van der Waals surface area contributed by atoms with Gasteiger partial charge in [-0.2, -0.15) is 5.10 Å². The molecule has 4 heteroatoms. The molecule has 0 aliphatic heterocycles. The van der Waals surface area contributed by atoms with E-state index >= 15 is 0 Å². The highest BCUT2D eigenvalue weighted by molar-refractivity contribution is 5.78. The Morgan fingerprint density at radius 1 is 1.11 bits per heavy atom. The molecule has 0 radical (unpaired) electrons. The first-order chi connectivity index (χ1) is 8.90. The number of nitrogens with two attached hydrogens (primary N) is 1. The van der Waals surface area contributed by atoms with Crippen LogP contribution < -0.4 is 5.73 Å². The van der Waals surface area contributed by atoms with Gasteiger partial charge in [-0.3, -0.25) is 9.67 Å². The molecular weight excluding hydrogens is 224 g/mol. The molecular formula is C14H14N4. The van der Waals surface area contributed by atoms with E-state index in [0.29, 0.717) is 6.54 Å². The molecule has 0 saturated heterocycles. The SMILES string of the molecule is NCC(c1ccncc1)n1ncc2ccccc21. The molecule has 2 N–H and O–H groups in total. The number of pyridine rings is 1. The molecule has 2 aromatic heterocycles. The minimum Gasteiger partial charge on any atom is -0.328 e. The molecule has 1 aromatic carbocycles. The van der Waals surface area contributed by atoms with E-state index in [1.165, 1.54) is 0 Å². The van der Waals surface area contributed by atoms with Crippen molar-refractivity contribution in [2.75, 3.05) is 6.54 Å². The largest absolute Gasteiger partial charge is 0.328 e. The summed E-state index contributed by atoms with van der Waals surface area (Å²) in [4.78, 5) is 4.04. The minimum atomic E-state index is 0.0490. The van der Waals surface area contributed by atoms with Gasteiger partial charge in [-0.05, 0) is 23.8 Å². The second-order valence-corrected chi connectivity index (χ2v) is 4.18. The topological polar surface area (TPSA) is 56.7 Å². The first-order valence-corrected chi connectivity index (χ1v) is 5.92. The van der Waals surface area contributed by atoms with Gasteiger partial charge in [0.25, 0.3) is 0 Å². The molecule has 4 nitrogen and oxygen atoms in total. The van der Waals surface area contributed by atoms with Crippen LogP contribution in [0.5, 0.6) is 0 Å². The number of hydrogen-bond acceptors (Lipinski definition) is 3. The molecule has 0 aliphatic carbocycles. The summed E-state index contributed by atoms with van der Waals surface area (Å²) in [6, 6.07) is 12.2. The summed E-state index contributed by atoms with van der Waals surface area (Å²) in [5, 5.41) is 5.59. The van der Waals surface area contributed by atoms with Crippen LogP contribution in [0.2, 0.25) is 0 Å². The molecule has 1 unspecified atom stereocenters.